The number of ether oxygens (including phenoxy) is 1. The molecule has 1 aliphatic rings. The Morgan fingerprint density at radius 2 is 2.11 bits per heavy atom. The second kappa shape index (κ2) is 8.88. The first-order chi connectivity index (χ1) is 13.1. The zero-order valence-corrected chi connectivity index (χ0v) is 16.3. The fourth-order valence-electron chi connectivity index (χ4n) is 2.43. The molecule has 2 aromatic rings. The summed E-state index contributed by atoms with van der Waals surface area (Å²) in [7, 11) is 0. The molecule has 0 radical (unpaired) electrons. The number of carbonyl (C=O) groups is 2. The van der Waals surface area contributed by atoms with Gasteiger partial charge in [-0.15, -0.1) is 0 Å². The van der Waals surface area contributed by atoms with E-state index in [1.165, 1.54) is 22.9 Å². The smallest absolute Gasteiger partial charge is 0.266 e. The number of nitrogens with zero attached hydrogens (tertiary/aromatic N) is 1. The lowest BCUT2D eigenvalue weighted by Gasteiger charge is -2.14. The van der Waals surface area contributed by atoms with Crippen molar-refractivity contribution in [2.45, 2.75) is 13.3 Å². The Bertz CT molecular complexity index is 860. The standard InChI is InChI=1S/C19H18N2O4S2/c1-2-24-14-7-5-13(6-8-14)20-17(22)9-10-21-18(23)16(27-19(21)26)12-15-4-3-11-25-15/h3-8,11-12H,2,9-10H2,1H3,(H,20,22)/b16-12+. The predicted octanol–water partition coefficient (Wildman–Crippen LogP) is 3.91. The molecule has 1 saturated heterocycles. The van der Waals surface area contributed by atoms with Gasteiger partial charge in [0.2, 0.25) is 5.91 Å². The Kier molecular flexibility index (Phi) is 6.31. The van der Waals surface area contributed by atoms with Crippen molar-refractivity contribution in [1.29, 1.82) is 0 Å². The molecular weight excluding hydrogens is 384 g/mol. The van der Waals surface area contributed by atoms with Crippen LogP contribution in [-0.4, -0.2) is 34.2 Å². The summed E-state index contributed by atoms with van der Waals surface area (Å²) in [5, 5.41) is 2.80. The van der Waals surface area contributed by atoms with Crippen molar-refractivity contribution in [3.8, 4) is 5.75 Å². The zero-order chi connectivity index (χ0) is 19.2. The molecule has 0 bridgehead atoms. The average molecular weight is 402 g/mol. The number of nitrogens with one attached hydrogen (secondary N) is 1. The van der Waals surface area contributed by atoms with Crippen LogP contribution in [0.25, 0.3) is 6.08 Å². The molecule has 0 atom stereocenters. The highest BCUT2D eigenvalue weighted by Crippen LogP contribution is 2.32. The van der Waals surface area contributed by atoms with E-state index in [1.807, 2.05) is 6.92 Å². The number of anilines is 1. The highest BCUT2D eigenvalue weighted by Gasteiger charge is 2.32. The van der Waals surface area contributed by atoms with Gasteiger partial charge in [0.25, 0.3) is 5.91 Å². The Labute approximate surface area is 166 Å². The normalized spacial score (nSPS) is 15.4. The van der Waals surface area contributed by atoms with Gasteiger partial charge in [-0.2, -0.15) is 0 Å². The molecule has 1 fully saturated rings. The van der Waals surface area contributed by atoms with Gasteiger partial charge in [0.15, 0.2) is 0 Å². The molecule has 0 aliphatic carbocycles. The van der Waals surface area contributed by atoms with Crippen molar-refractivity contribution in [1.82, 2.24) is 4.90 Å². The fraction of sp³-hybridized carbons (Fsp3) is 0.211. The van der Waals surface area contributed by atoms with Gasteiger partial charge in [-0.3, -0.25) is 14.5 Å². The number of thiocarbonyl (C=S) groups is 1. The van der Waals surface area contributed by atoms with E-state index in [2.05, 4.69) is 5.32 Å². The summed E-state index contributed by atoms with van der Waals surface area (Å²) >= 11 is 6.47. The largest absolute Gasteiger partial charge is 0.494 e. The molecular formula is C19H18N2O4S2. The van der Waals surface area contributed by atoms with Crippen LogP contribution in [0.5, 0.6) is 5.75 Å². The minimum absolute atomic E-state index is 0.147. The van der Waals surface area contributed by atoms with E-state index in [0.29, 0.717) is 27.3 Å². The number of rotatable bonds is 7. The van der Waals surface area contributed by atoms with E-state index in [1.54, 1.807) is 42.5 Å². The van der Waals surface area contributed by atoms with Gasteiger partial charge in [0, 0.05) is 24.7 Å². The van der Waals surface area contributed by atoms with Crippen molar-refractivity contribution in [2.75, 3.05) is 18.5 Å². The number of carbonyl (C=O) groups excluding carboxylic acids is 2. The number of amides is 2. The summed E-state index contributed by atoms with van der Waals surface area (Å²) in [6.07, 6.45) is 3.34. The molecule has 27 heavy (non-hydrogen) atoms. The second-order valence-electron chi connectivity index (χ2n) is 5.60. The van der Waals surface area contributed by atoms with Crippen LogP contribution in [0, 0.1) is 0 Å². The van der Waals surface area contributed by atoms with Gasteiger partial charge in [-0.05, 0) is 43.3 Å². The Hall–Kier alpha value is -2.58. The van der Waals surface area contributed by atoms with Gasteiger partial charge >= 0.3 is 0 Å². The summed E-state index contributed by atoms with van der Waals surface area (Å²) in [6.45, 7) is 2.72. The quantitative estimate of drug-likeness (QED) is 0.559. The highest BCUT2D eigenvalue weighted by molar-refractivity contribution is 8.26. The van der Waals surface area contributed by atoms with E-state index in [-0.39, 0.29) is 24.8 Å². The summed E-state index contributed by atoms with van der Waals surface area (Å²) in [6, 6.07) is 10.6. The topological polar surface area (TPSA) is 71.8 Å². The molecule has 6 nitrogen and oxygen atoms in total. The SMILES string of the molecule is CCOc1ccc(NC(=O)CCN2C(=O)/C(=C\c3ccco3)SC2=S)cc1. The van der Waals surface area contributed by atoms with Gasteiger partial charge in [0.1, 0.15) is 15.8 Å². The first kappa shape index (κ1) is 19.2. The predicted molar refractivity (Wildman–Crippen MR) is 109 cm³/mol. The number of benzene rings is 1. The molecule has 3 rings (SSSR count). The van der Waals surface area contributed by atoms with Crippen LogP contribution in [0.3, 0.4) is 0 Å². The zero-order valence-electron chi connectivity index (χ0n) is 14.6. The fourth-order valence-corrected chi connectivity index (χ4v) is 3.72. The summed E-state index contributed by atoms with van der Waals surface area (Å²) in [4.78, 5) is 26.6. The highest BCUT2D eigenvalue weighted by atomic mass is 32.2. The number of furan rings is 1. The molecule has 0 saturated carbocycles. The van der Waals surface area contributed by atoms with E-state index >= 15 is 0 Å². The van der Waals surface area contributed by atoms with Crippen molar-refractivity contribution in [2.24, 2.45) is 0 Å². The number of thioether (sulfide) groups is 1. The van der Waals surface area contributed by atoms with Gasteiger partial charge in [-0.1, -0.05) is 24.0 Å². The lowest BCUT2D eigenvalue weighted by atomic mass is 10.3. The minimum Gasteiger partial charge on any atom is -0.494 e. The first-order valence-electron chi connectivity index (χ1n) is 8.38. The average Bonchev–Trinajstić information content (AvgIpc) is 3.24. The van der Waals surface area contributed by atoms with Crippen LogP contribution in [0.4, 0.5) is 5.69 Å². The van der Waals surface area contributed by atoms with Crippen LogP contribution in [0.2, 0.25) is 0 Å². The molecule has 1 N–H and O–H groups in total. The van der Waals surface area contributed by atoms with Gasteiger partial charge in [-0.25, -0.2) is 0 Å². The summed E-state index contributed by atoms with van der Waals surface area (Å²) in [5.74, 6) is 0.929. The summed E-state index contributed by atoms with van der Waals surface area (Å²) in [5.41, 5.74) is 0.673. The van der Waals surface area contributed by atoms with E-state index in [9.17, 15) is 9.59 Å². The van der Waals surface area contributed by atoms with E-state index in [0.717, 1.165) is 5.75 Å². The maximum atomic E-state index is 12.5. The minimum atomic E-state index is -0.213. The Balaban J connectivity index is 1.54. The van der Waals surface area contributed by atoms with E-state index < -0.39 is 0 Å². The lowest BCUT2D eigenvalue weighted by Crippen LogP contribution is -2.31. The van der Waals surface area contributed by atoms with Gasteiger partial charge in [0.05, 0.1) is 17.8 Å². The molecule has 2 amide bonds. The molecule has 2 heterocycles. The van der Waals surface area contributed by atoms with Gasteiger partial charge < -0.3 is 14.5 Å². The Morgan fingerprint density at radius 3 is 2.78 bits per heavy atom. The van der Waals surface area contributed by atoms with Crippen molar-refractivity contribution < 1.29 is 18.7 Å². The molecule has 1 aromatic carbocycles. The molecule has 0 unspecified atom stereocenters. The number of hydrogen-bond donors (Lipinski definition) is 1. The molecule has 8 heteroatoms. The molecule has 0 spiro atoms. The third kappa shape index (κ3) is 4.99. The Morgan fingerprint density at radius 1 is 1.33 bits per heavy atom. The van der Waals surface area contributed by atoms with Crippen LogP contribution < -0.4 is 10.1 Å². The molecule has 1 aromatic heterocycles. The maximum absolute atomic E-state index is 12.5. The maximum Gasteiger partial charge on any atom is 0.266 e. The molecule has 1 aliphatic heterocycles. The van der Waals surface area contributed by atoms with Crippen LogP contribution >= 0.6 is 24.0 Å². The van der Waals surface area contributed by atoms with Crippen molar-refractivity contribution in [3.63, 3.8) is 0 Å². The van der Waals surface area contributed by atoms with Crippen LogP contribution in [0.1, 0.15) is 19.1 Å². The third-order valence-electron chi connectivity index (χ3n) is 3.70. The van der Waals surface area contributed by atoms with Crippen molar-refractivity contribution in [3.05, 3.63) is 53.3 Å². The van der Waals surface area contributed by atoms with E-state index in [4.69, 9.17) is 21.4 Å². The number of hydrogen-bond acceptors (Lipinski definition) is 6. The summed E-state index contributed by atoms with van der Waals surface area (Å²) < 4.78 is 11.0. The van der Waals surface area contributed by atoms with Crippen LogP contribution in [0.15, 0.2) is 52.0 Å². The van der Waals surface area contributed by atoms with Crippen molar-refractivity contribution >= 4 is 51.9 Å². The third-order valence-corrected chi connectivity index (χ3v) is 5.08. The monoisotopic (exact) mass is 402 g/mol. The lowest BCUT2D eigenvalue weighted by molar-refractivity contribution is -0.122. The second-order valence-corrected chi connectivity index (χ2v) is 7.28. The first-order valence-corrected chi connectivity index (χ1v) is 9.61. The molecule has 140 valence electrons. The van der Waals surface area contributed by atoms with Crippen LogP contribution in [-0.2, 0) is 9.59 Å².